The van der Waals surface area contributed by atoms with Crippen LogP contribution >= 0.6 is 0 Å². The molecule has 0 spiro atoms. The summed E-state index contributed by atoms with van der Waals surface area (Å²) in [7, 11) is 1.47. The first-order valence-corrected chi connectivity index (χ1v) is 11.3. The van der Waals surface area contributed by atoms with Gasteiger partial charge in [-0.1, -0.05) is 43.3 Å². The minimum absolute atomic E-state index is 0.0188. The van der Waals surface area contributed by atoms with Crippen molar-refractivity contribution in [3.8, 4) is 5.75 Å². The Bertz CT molecular complexity index is 1310. The number of amides is 2. The van der Waals surface area contributed by atoms with Crippen molar-refractivity contribution >= 4 is 34.7 Å². The van der Waals surface area contributed by atoms with E-state index in [1.54, 1.807) is 48.5 Å². The van der Waals surface area contributed by atoms with E-state index in [1.165, 1.54) is 18.9 Å². The molecule has 178 valence electrons. The fraction of sp³-hybridized carbons (Fsp3) is 0.179. The predicted octanol–water partition coefficient (Wildman–Crippen LogP) is 4.84. The van der Waals surface area contributed by atoms with Gasteiger partial charge in [0.05, 0.1) is 24.3 Å². The van der Waals surface area contributed by atoms with Crippen molar-refractivity contribution < 1.29 is 24.2 Å². The first-order chi connectivity index (χ1) is 16.8. The lowest BCUT2D eigenvalue weighted by Crippen LogP contribution is -2.29. The Labute approximate surface area is 203 Å². The number of hydrogen-bond donors (Lipinski definition) is 2. The highest BCUT2D eigenvalue weighted by Crippen LogP contribution is 2.43. The molecule has 2 amide bonds. The molecule has 0 aromatic heterocycles. The molecule has 0 aliphatic carbocycles. The molecule has 7 nitrogen and oxygen atoms in total. The molecule has 1 unspecified atom stereocenters. The van der Waals surface area contributed by atoms with Crippen LogP contribution in [0.3, 0.4) is 0 Å². The molecular weight excluding hydrogens is 444 g/mol. The lowest BCUT2D eigenvalue weighted by atomic mass is 9.94. The van der Waals surface area contributed by atoms with Crippen LogP contribution in [0.15, 0.2) is 78.4 Å². The molecule has 2 N–H and O–H groups in total. The van der Waals surface area contributed by atoms with Crippen molar-refractivity contribution in [2.45, 2.75) is 26.3 Å². The Morgan fingerprint density at radius 3 is 2.26 bits per heavy atom. The summed E-state index contributed by atoms with van der Waals surface area (Å²) in [6.07, 6.45) is 0.840. The summed E-state index contributed by atoms with van der Waals surface area (Å²) in [6.45, 7) is 3.45. The summed E-state index contributed by atoms with van der Waals surface area (Å²) < 4.78 is 5.38. The quantitative estimate of drug-likeness (QED) is 0.305. The van der Waals surface area contributed by atoms with Gasteiger partial charge < -0.3 is 15.2 Å². The zero-order valence-corrected chi connectivity index (χ0v) is 19.7. The van der Waals surface area contributed by atoms with Crippen molar-refractivity contribution in [1.82, 2.24) is 0 Å². The lowest BCUT2D eigenvalue weighted by Gasteiger charge is -2.26. The molecule has 1 aliphatic heterocycles. The molecule has 1 fully saturated rings. The highest BCUT2D eigenvalue weighted by molar-refractivity contribution is 6.51. The standard InChI is InChI=1S/C28H26N2O5/c1-4-18-9-11-19(12-10-18)25-24(26(32)22-7-5-6-8-23(22)35-3)27(33)28(34)30(25)21-15-13-20(14-16-21)29-17(2)31/h5-16,25,32H,4H2,1-3H3,(H,29,31)/b26-24-. The summed E-state index contributed by atoms with van der Waals surface area (Å²) in [5.74, 6) is -1.67. The van der Waals surface area contributed by atoms with E-state index in [2.05, 4.69) is 5.32 Å². The lowest BCUT2D eigenvalue weighted by molar-refractivity contribution is -0.132. The Kier molecular flexibility index (Phi) is 6.68. The van der Waals surface area contributed by atoms with Crippen molar-refractivity contribution in [3.63, 3.8) is 0 Å². The highest BCUT2D eigenvalue weighted by atomic mass is 16.5. The van der Waals surface area contributed by atoms with Crippen LogP contribution in [0.2, 0.25) is 0 Å². The maximum absolute atomic E-state index is 13.3. The molecule has 35 heavy (non-hydrogen) atoms. The van der Waals surface area contributed by atoms with Gasteiger partial charge in [0.1, 0.15) is 11.5 Å². The zero-order chi connectivity index (χ0) is 25.1. The number of aliphatic hydroxyl groups excluding tert-OH is 1. The van der Waals surface area contributed by atoms with Crippen molar-refractivity contribution in [2.75, 3.05) is 17.3 Å². The molecule has 1 atom stereocenters. The van der Waals surface area contributed by atoms with Gasteiger partial charge in [0.2, 0.25) is 5.91 Å². The number of nitrogens with one attached hydrogen (secondary N) is 1. The number of carbonyl (C=O) groups excluding carboxylic acids is 3. The number of ketones is 1. The SMILES string of the molecule is CCc1ccc(C2/C(=C(/O)c3ccccc3OC)C(=O)C(=O)N2c2ccc(NC(C)=O)cc2)cc1. The highest BCUT2D eigenvalue weighted by Gasteiger charge is 2.47. The van der Waals surface area contributed by atoms with Gasteiger partial charge in [-0.25, -0.2) is 0 Å². The van der Waals surface area contributed by atoms with Gasteiger partial charge in [0.15, 0.2) is 0 Å². The van der Waals surface area contributed by atoms with Gasteiger partial charge in [-0.15, -0.1) is 0 Å². The minimum atomic E-state index is -0.850. The maximum Gasteiger partial charge on any atom is 0.300 e. The van der Waals surface area contributed by atoms with E-state index in [4.69, 9.17) is 4.74 Å². The molecule has 1 saturated heterocycles. The van der Waals surface area contributed by atoms with E-state index in [1.807, 2.05) is 31.2 Å². The van der Waals surface area contributed by atoms with Gasteiger partial charge in [0.25, 0.3) is 11.7 Å². The maximum atomic E-state index is 13.3. The summed E-state index contributed by atoms with van der Waals surface area (Å²) in [6, 6.07) is 20.2. The van der Waals surface area contributed by atoms with Crippen LogP contribution in [0, 0.1) is 0 Å². The third kappa shape index (κ3) is 4.53. The molecular formula is C28H26N2O5. The van der Waals surface area contributed by atoms with Gasteiger partial charge in [0, 0.05) is 18.3 Å². The van der Waals surface area contributed by atoms with Crippen LogP contribution in [0.4, 0.5) is 11.4 Å². The Hall–Kier alpha value is -4.39. The normalized spacial score (nSPS) is 16.9. The van der Waals surface area contributed by atoms with E-state index in [0.29, 0.717) is 28.3 Å². The number of methoxy groups -OCH3 is 1. The van der Waals surface area contributed by atoms with Crippen LogP contribution in [-0.2, 0) is 20.8 Å². The first-order valence-electron chi connectivity index (χ1n) is 11.3. The molecule has 0 saturated carbocycles. The molecule has 1 aliphatic rings. The summed E-state index contributed by atoms with van der Waals surface area (Å²) >= 11 is 0. The molecule has 0 bridgehead atoms. The van der Waals surface area contributed by atoms with E-state index in [9.17, 15) is 19.5 Å². The van der Waals surface area contributed by atoms with Gasteiger partial charge in [-0.3, -0.25) is 19.3 Å². The Balaban J connectivity index is 1.89. The number of hydrogen-bond acceptors (Lipinski definition) is 5. The van der Waals surface area contributed by atoms with Gasteiger partial charge in [-0.2, -0.15) is 0 Å². The largest absolute Gasteiger partial charge is 0.507 e. The molecule has 0 radical (unpaired) electrons. The second-order valence-corrected chi connectivity index (χ2v) is 8.19. The minimum Gasteiger partial charge on any atom is -0.507 e. The number of para-hydroxylation sites is 1. The third-order valence-electron chi connectivity index (χ3n) is 5.98. The number of ether oxygens (including phenoxy) is 1. The van der Waals surface area contributed by atoms with Crippen molar-refractivity contribution in [3.05, 3.63) is 95.1 Å². The first kappa shape index (κ1) is 23.8. The number of carbonyl (C=O) groups is 3. The average Bonchev–Trinajstić information content (AvgIpc) is 3.14. The van der Waals surface area contributed by atoms with Crippen LogP contribution in [0.1, 0.15) is 36.6 Å². The second kappa shape index (κ2) is 9.85. The summed E-state index contributed by atoms with van der Waals surface area (Å²) in [4.78, 5) is 39.4. The van der Waals surface area contributed by atoms with E-state index in [0.717, 1.165) is 12.0 Å². The van der Waals surface area contributed by atoms with Crippen LogP contribution < -0.4 is 15.0 Å². The van der Waals surface area contributed by atoms with E-state index < -0.39 is 17.7 Å². The number of anilines is 2. The zero-order valence-electron chi connectivity index (χ0n) is 19.7. The van der Waals surface area contributed by atoms with E-state index in [-0.39, 0.29) is 17.2 Å². The summed E-state index contributed by atoms with van der Waals surface area (Å²) in [5.41, 5.74) is 3.12. The Morgan fingerprint density at radius 1 is 1.00 bits per heavy atom. The van der Waals surface area contributed by atoms with Crippen LogP contribution in [-0.4, -0.2) is 29.8 Å². The molecule has 4 rings (SSSR count). The van der Waals surface area contributed by atoms with Gasteiger partial charge in [-0.05, 0) is 53.9 Å². The molecule has 7 heteroatoms. The van der Waals surface area contributed by atoms with E-state index >= 15 is 0 Å². The fourth-order valence-corrected chi connectivity index (χ4v) is 4.24. The Morgan fingerprint density at radius 2 is 1.66 bits per heavy atom. The number of aliphatic hydroxyl groups is 1. The number of benzene rings is 3. The predicted molar refractivity (Wildman–Crippen MR) is 134 cm³/mol. The monoisotopic (exact) mass is 470 g/mol. The number of Topliss-reactive ketones (excluding diaryl/α,β-unsaturated/α-hetero) is 1. The number of rotatable bonds is 6. The molecule has 3 aromatic carbocycles. The smallest absolute Gasteiger partial charge is 0.300 e. The van der Waals surface area contributed by atoms with Crippen molar-refractivity contribution in [1.29, 1.82) is 0 Å². The molecule has 1 heterocycles. The topological polar surface area (TPSA) is 95.9 Å². The average molecular weight is 471 g/mol. The van der Waals surface area contributed by atoms with Crippen molar-refractivity contribution in [2.24, 2.45) is 0 Å². The molecule has 3 aromatic rings. The fourth-order valence-electron chi connectivity index (χ4n) is 4.24. The third-order valence-corrected chi connectivity index (χ3v) is 5.98. The van der Waals surface area contributed by atoms with Gasteiger partial charge >= 0.3 is 0 Å². The van der Waals surface area contributed by atoms with Crippen LogP contribution in [0.5, 0.6) is 5.75 Å². The second-order valence-electron chi connectivity index (χ2n) is 8.19. The summed E-state index contributed by atoms with van der Waals surface area (Å²) in [5, 5.41) is 14.0. The number of aryl methyl sites for hydroxylation is 1. The van der Waals surface area contributed by atoms with Crippen LogP contribution in [0.25, 0.3) is 5.76 Å². The number of nitrogens with zero attached hydrogens (tertiary/aromatic N) is 1.